The van der Waals surface area contributed by atoms with Crippen molar-refractivity contribution in [2.45, 2.75) is 32.0 Å². The van der Waals surface area contributed by atoms with Gasteiger partial charge in [0.2, 0.25) is 0 Å². The van der Waals surface area contributed by atoms with E-state index in [-0.39, 0.29) is 6.54 Å². The van der Waals surface area contributed by atoms with Gasteiger partial charge in [0.15, 0.2) is 5.92 Å². The summed E-state index contributed by atoms with van der Waals surface area (Å²) < 4.78 is 36.6. The molecule has 0 radical (unpaired) electrons. The molecule has 0 aromatic rings. The van der Waals surface area contributed by atoms with Crippen molar-refractivity contribution in [1.29, 1.82) is 0 Å². The molecule has 0 heterocycles. The zero-order chi connectivity index (χ0) is 13.0. The molecule has 0 spiro atoms. The highest BCUT2D eigenvalue weighted by Gasteiger charge is 2.44. The predicted molar refractivity (Wildman–Crippen MR) is 51.0 cm³/mol. The normalized spacial score (nSPS) is 17.9. The second kappa shape index (κ2) is 5.49. The first kappa shape index (κ1) is 15.2. The Balaban J connectivity index is 4.21. The summed E-state index contributed by atoms with van der Waals surface area (Å²) in [5.41, 5.74) is -1.13. The molecule has 16 heavy (non-hydrogen) atoms. The van der Waals surface area contributed by atoms with Gasteiger partial charge in [-0.3, -0.25) is 4.79 Å². The Morgan fingerprint density at radius 1 is 1.44 bits per heavy atom. The van der Waals surface area contributed by atoms with Gasteiger partial charge in [-0.05, 0) is 13.3 Å². The molecule has 0 saturated heterocycles. The van der Waals surface area contributed by atoms with E-state index in [1.807, 2.05) is 0 Å². The van der Waals surface area contributed by atoms with E-state index < -0.39 is 30.2 Å². The molecule has 2 atom stereocenters. The highest BCUT2D eigenvalue weighted by atomic mass is 19.4. The van der Waals surface area contributed by atoms with Gasteiger partial charge in [0.1, 0.15) is 0 Å². The lowest BCUT2D eigenvalue weighted by Gasteiger charge is -2.23. The lowest BCUT2D eigenvalue weighted by atomic mass is 10.0. The van der Waals surface area contributed by atoms with Crippen molar-refractivity contribution in [1.82, 2.24) is 5.32 Å². The van der Waals surface area contributed by atoms with Gasteiger partial charge in [-0.15, -0.1) is 0 Å². The standard InChI is InChI=1S/C9H16F3NO3/c1-3-8(2,16)5-13-4-6(7(14)15)9(10,11)12/h6,13,16H,3-5H2,1-2H3,(H,14,15). The molecular weight excluding hydrogens is 227 g/mol. The molecule has 0 fully saturated rings. The summed E-state index contributed by atoms with van der Waals surface area (Å²) in [4.78, 5) is 10.3. The second-order valence-corrected chi connectivity index (χ2v) is 3.91. The van der Waals surface area contributed by atoms with Crippen molar-refractivity contribution >= 4 is 5.97 Å². The molecule has 7 heteroatoms. The van der Waals surface area contributed by atoms with Crippen LogP contribution in [0.2, 0.25) is 0 Å². The van der Waals surface area contributed by atoms with Crippen LogP contribution < -0.4 is 5.32 Å². The van der Waals surface area contributed by atoms with Crippen LogP contribution in [-0.2, 0) is 4.79 Å². The van der Waals surface area contributed by atoms with Crippen LogP contribution in [0.1, 0.15) is 20.3 Å². The Labute approximate surface area is 91.5 Å². The van der Waals surface area contributed by atoms with Crippen LogP contribution >= 0.6 is 0 Å². The fourth-order valence-electron chi connectivity index (χ4n) is 0.954. The summed E-state index contributed by atoms with van der Waals surface area (Å²) in [7, 11) is 0. The van der Waals surface area contributed by atoms with E-state index in [2.05, 4.69) is 5.32 Å². The minimum Gasteiger partial charge on any atom is -0.481 e. The average molecular weight is 243 g/mol. The molecule has 0 aliphatic heterocycles. The van der Waals surface area contributed by atoms with E-state index in [4.69, 9.17) is 5.11 Å². The summed E-state index contributed by atoms with van der Waals surface area (Å²) >= 11 is 0. The highest BCUT2D eigenvalue weighted by Crippen LogP contribution is 2.25. The van der Waals surface area contributed by atoms with E-state index in [1.54, 1.807) is 6.92 Å². The molecule has 0 saturated carbocycles. The first-order valence-corrected chi connectivity index (χ1v) is 4.83. The maximum absolute atomic E-state index is 12.2. The van der Waals surface area contributed by atoms with Crippen molar-refractivity contribution < 1.29 is 28.2 Å². The number of aliphatic hydroxyl groups is 1. The monoisotopic (exact) mass is 243 g/mol. The molecule has 0 rings (SSSR count). The van der Waals surface area contributed by atoms with Crippen LogP contribution in [-0.4, -0.2) is 41.0 Å². The molecule has 2 unspecified atom stereocenters. The van der Waals surface area contributed by atoms with E-state index >= 15 is 0 Å². The summed E-state index contributed by atoms with van der Waals surface area (Å²) in [5.74, 6) is -4.36. The van der Waals surface area contributed by atoms with E-state index in [1.165, 1.54) is 6.92 Å². The molecule has 0 bridgehead atoms. The van der Waals surface area contributed by atoms with Crippen molar-refractivity contribution in [3.8, 4) is 0 Å². The lowest BCUT2D eigenvalue weighted by Crippen LogP contribution is -2.44. The number of halogens is 3. The van der Waals surface area contributed by atoms with Crippen molar-refractivity contribution in [3.05, 3.63) is 0 Å². The molecule has 0 aliphatic carbocycles. The van der Waals surface area contributed by atoms with Gasteiger partial charge in [0.25, 0.3) is 0 Å². The van der Waals surface area contributed by atoms with E-state index in [9.17, 15) is 23.1 Å². The van der Waals surface area contributed by atoms with E-state index in [0.717, 1.165) is 0 Å². The molecule has 4 nitrogen and oxygen atoms in total. The fraction of sp³-hybridized carbons (Fsp3) is 0.889. The van der Waals surface area contributed by atoms with Gasteiger partial charge in [-0.2, -0.15) is 13.2 Å². The number of hydrogen-bond acceptors (Lipinski definition) is 3. The zero-order valence-electron chi connectivity index (χ0n) is 9.14. The van der Waals surface area contributed by atoms with Gasteiger partial charge < -0.3 is 15.5 Å². The summed E-state index contributed by atoms with van der Waals surface area (Å²) in [6, 6.07) is 0. The minimum absolute atomic E-state index is 0.0800. The Morgan fingerprint density at radius 3 is 2.25 bits per heavy atom. The predicted octanol–water partition coefficient (Wildman–Crippen LogP) is 1.00. The average Bonchev–Trinajstić information content (AvgIpc) is 2.09. The maximum Gasteiger partial charge on any atom is 0.403 e. The topological polar surface area (TPSA) is 69.6 Å². The number of rotatable bonds is 6. The molecular formula is C9H16F3NO3. The number of carboxylic acids is 1. The third kappa shape index (κ3) is 5.32. The number of aliphatic carboxylic acids is 1. The van der Waals surface area contributed by atoms with Crippen LogP contribution in [0.3, 0.4) is 0 Å². The second-order valence-electron chi connectivity index (χ2n) is 3.91. The van der Waals surface area contributed by atoms with Gasteiger partial charge >= 0.3 is 12.1 Å². The van der Waals surface area contributed by atoms with Gasteiger partial charge in [0, 0.05) is 13.1 Å². The van der Waals surface area contributed by atoms with Crippen molar-refractivity contribution in [2.24, 2.45) is 5.92 Å². The van der Waals surface area contributed by atoms with Crippen LogP contribution in [0.5, 0.6) is 0 Å². The quantitative estimate of drug-likeness (QED) is 0.651. The van der Waals surface area contributed by atoms with Gasteiger partial charge in [0.05, 0.1) is 5.60 Å². The smallest absolute Gasteiger partial charge is 0.403 e. The molecule has 0 aromatic carbocycles. The number of nitrogens with one attached hydrogen (secondary N) is 1. The van der Waals surface area contributed by atoms with Crippen molar-refractivity contribution in [2.75, 3.05) is 13.1 Å². The number of alkyl halides is 3. The first-order valence-electron chi connectivity index (χ1n) is 4.83. The van der Waals surface area contributed by atoms with Gasteiger partial charge in [-0.1, -0.05) is 6.92 Å². The maximum atomic E-state index is 12.2. The molecule has 0 aromatic heterocycles. The van der Waals surface area contributed by atoms with Crippen LogP contribution in [0.4, 0.5) is 13.2 Å². The fourth-order valence-corrected chi connectivity index (χ4v) is 0.954. The Kier molecular flexibility index (Phi) is 5.21. The Morgan fingerprint density at radius 2 is 1.94 bits per heavy atom. The van der Waals surface area contributed by atoms with Crippen LogP contribution in [0, 0.1) is 5.92 Å². The minimum atomic E-state index is -4.78. The molecule has 96 valence electrons. The Hall–Kier alpha value is -0.820. The van der Waals surface area contributed by atoms with Crippen LogP contribution in [0.15, 0.2) is 0 Å². The first-order chi connectivity index (χ1) is 7.10. The number of carboxylic acid groups (broad SMARTS) is 1. The van der Waals surface area contributed by atoms with Gasteiger partial charge in [-0.25, -0.2) is 0 Å². The number of hydrogen-bond donors (Lipinski definition) is 3. The highest BCUT2D eigenvalue weighted by molar-refractivity contribution is 5.71. The number of carbonyl (C=O) groups is 1. The SMILES string of the molecule is CCC(C)(O)CNCC(C(=O)O)C(F)(F)F. The summed E-state index contributed by atoms with van der Waals surface area (Å²) in [5, 5.41) is 20.2. The largest absolute Gasteiger partial charge is 0.481 e. The molecule has 0 aliphatic rings. The Bertz CT molecular complexity index is 241. The molecule has 3 N–H and O–H groups in total. The lowest BCUT2D eigenvalue weighted by molar-refractivity contribution is -0.192. The summed E-state index contributed by atoms with van der Waals surface area (Å²) in [6.07, 6.45) is -4.42. The van der Waals surface area contributed by atoms with E-state index in [0.29, 0.717) is 6.42 Å². The molecule has 0 amide bonds. The summed E-state index contributed by atoms with van der Waals surface area (Å²) in [6.45, 7) is 2.32. The van der Waals surface area contributed by atoms with Crippen molar-refractivity contribution in [3.63, 3.8) is 0 Å². The third-order valence-electron chi connectivity index (χ3n) is 2.31. The van der Waals surface area contributed by atoms with Crippen LogP contribution in [0.25, 0.3) is 0 Å². The zero-order valence-corrected chi connectivity index (χ0v) is 9.14. The third-order valence-corrected chi connectivity index (χ3v) is 2.31.